The molecule has 0 saturated carbocycles. The number of nitrogens with one attached hydrogen (secondary N) is 2. The highest BCUT2D eigenvalue weighted by molar-refractivity contribution is 6.30. The second-order valence-corrected chi connectivity index (χ2v) is 6.00. The lowest BCUT2D eigenvalue weighted by molar-refractivity contribution is 0.292. The van der Waals surface area contributed by atoms with E-state index in [-0.39, 0.29) is 6.61 Å². The number of benzene rings is 2. The molecule has 0 atom stereocenters. The summed E-state index contributed by atoms with van der Waals surface area (Å²) >= 11 is 5.97. The number of halogens is 1. The van der Waals surface area contributed by atoms with E-state index in [4.69, 9.17) is 21.4 Å². The molecule has 5 heteroatoms. The minimum absolute atomic E-state index is 0.194. The number of aliphatic hydroxyl groups excluding tert-OH is 1. The van der Waals surface area contributed by atoms with Crippen LogP contribution in [0.15, 0.2) is 48.5 Å². The fraction of sp³-hybridized carbons (Fsp3) is 0.368. The number of hydrogen-bond acceptors (Lipinski definition) is 4. The third kappa shape index (κ3) is 7.32. The highest BCUT2D eigenvalue weighted by atomic mass is 35.5. The van der Waals surface area contributed by atoms with Crippen molar-refractivity contribution in [3.8, 4) is 5.75 Å². The van der Waals surface area contributed by atoms with Gasteiger partial charge in [0.15, 0.2) is 0 Å². The van der Waals surface area contributed by atoms with Crippen LogP contribution in [0.5, 0.6) is 5.75 Å². The summed E-state index contributed by atoms with van der Waals surface area (Å²) in [5.41, 5.74) is 2.29. The minimum Gasteiger partial charge on any atom is -0.489 e. The molecule has 4 nitrogen and oxygen atoms in total. The Hall–Kier alpha value is -1.59. The fourth-order valence-corrected chi connectivity index (χ4v) is 2.49. The Morgan fingerprint density at radius 3 is 2.46 bits per heavy atom. The minimum atomic E-state index is 0.194. The summed E-state index contributed by atoms with van der Waals surface area (Å²) in [6.07, 6.45) is 1.04. The smallest absolute Gasteiger partial charge is 0.119 e. The molecule has 0 unspecified atom stereocenters. The van der Waals surface area contributed by atoms with Gasteiger partial charge >= 0.3 is 0 Å². The maximum atomic E-state index is 8.66. The van der Waals surface area contributed by atoms with Crippen LogP contribution in [0.3, 0.4) is 0 Å². The normalized spacial score (nSPS) is 10.8. The monoisotopic (exact) mass is 348 g/mol. The molecule has 2 aromatic rings. The van der Waals surface area contributed by atoms with Gasteiger partial charge in [0.05, 0.1) is 6.61 Å². The molecule has 0 spiro atoms. The number of rotatable bonds is 11. The molecule has 0 fully saturated rings. The Morgan fingerprint density at radius 2 is 1.71 bits per heavy atom. The summed E-state index contributed by atoms with van der Waals surface area (Å²) < 4.78 is 5.77. The maximum Gasteiger partial charge on any atom is 0.119 e. The zero-order chi connectivity index (χ0) is 17.0. The van der Waals surface area contributed by atoms with E-state index >= 15 is 0 Å². The summed E-state index contributed by atoms with van der Waals surface area (Å²) in [4.78, 5) is 0. The van der Waals surface area contributed by atoms with Gasteiger partial charge in [-0.3, -0.25) is 0 Å². The van der Waals surface area contributed by atoms with Crippen molar-refractivity contribution in [2.75, 3.05) is 26.2 Å². The van der Waals surface area contributed by atoms with Gasteiger partial charge in [0.25, 0.3) is 0 Å². The Bertz CT molecular complexity index is 590. The van der Waals surface area contributed by atoms with Crippen molar-refractivity contribution in [3.63, 3.8) is 0 Å². The molecule has 24 heavy (non-hydrogen) atoms. The van der Waals surface area contributed by atoms with E-state index in [1.54, 1.807) is 0 Å². The van der Waals surface area contributed by atoms with Gasteiger partial charge in [-0.1, -0.05) is 35.9 Å². The summed E-state index contributed by atoms with van der Waals surface area (Å²) in [5.74, 6) is 0.854. The summed E-state index contributed by atoms with van der Waals surface area (Å²) in [6.45, 7) is 4.08. The molecule has 130 valence electrons. The third-order valence-corrected chi connectivity index (χ3v) is 3.78. The van der Waals surface area contributed by atoms with Gasteiger partial charge in [-0.05, 0) is 54.9 Å². The van der Waals surface area contributed by atoms with Crippen molar-refractivity contribution in [1.82, 2.24) is 10.6 Å². The Balaban J connectivity index is 1.65. The number of ether oxygens (including phenoxy) is 1. The number of aliphatic hydroxyl groups is 1. The molecular weight excluding hydrogens is 324 g/mol. The molecule has 0 saturated heterocycles. The molecular formula is C19H25ClN2O2. The maximum absolute atomic E-state index is 8.66. The van der Waals surface area contributed by atoms with Gasteiger partial charge in [0, 0.05) is 18.1 Å². The van der Waals surface area contributed by atoms with E-state index in [2.05, 4.69) is 22.8 Å². The lowest BCUT2D eigenvalue weighted by atomic mass is 10.2. The SMILES string of the molecule is OCCNCCCNCc1ccc(OCc2cccc(Cl)c2)cc1. The van der Waals surface area contributed by atoms with Crippen molar-refractivity contribution in [1.29, 1.82) is 0 Å². The standard InChI is InChI=1S/C19H25ClN2O2/c20-18-4-1-3-17(13-18)15-24-19-7-5-16(6-8-19)14-22-10-2-9-21-11-12-23/h1,3-8,13,21-23H,2,9-12,14-15H2. The highest BCUT2D eigenvalue weighted by Crippen LogP contribution is 2.16. The Morgan fingerprint density at radius 1 is 0.917 bits per heavy atom. The Kier molecular flexibility index (Phi) is 8.63. The first kappa shape index (κ1) is 18.7. The first-order valence-corrected chi connectivity index (χ1v) is 8.64. The Labute approximate surface area is 148 Å². The molecule has 0 aliphatic heterocycles. The zero-order valence-corrected chi connectivity index (χ0v) is 14.6. The van der Waals surface area contributed by atoms with E-state index in [9.17, 15) is 0 Å². The van der Waals surface area contributed by atoms with Crippen molar-refractivity contribution < 1.29 is 9.84 Å². The van der Waals surface area contributed by atoms with Gasteiger partial charge in [0.2, 0.25) is 0 Å². The first-order valence-electron chi connectivity index (χ1n) is 8.26. The average molecular weight is 349 g/mol. The van der Waals surface area contributed by atoms with Crippen molar-refractivity contribution in [3.05, 3.63) is 64.7 Å². The van der Waals surface area contributed by atoms with Crippen LogP contribution in [0.25, 0.3) is 0 Å². The summed E-state index contributed by atoms with van der Waals surface area (Å²) in [5, 5.41) is 15.9. The van der Waals surface area contributed by atoms with Crippen LogP contribution in [-0.4, -0.2) is 31.3 Å². The topological polar surface area (TPSA) is 53.5 Å². The second-order valence-electron chi connectivity index (χ2n) is 5.57. The van der Waals surface area contributed by atoms with Gasteiger partial charge in [-0.2, -0.15) is 0 Å². The van der Waals surface area contributed by atoms with E-state index in [1.807, 2.05) is 36.4 Å². The zero-order valence-electron chi connectivity index (χ0n) is 13.8. The van der Waals surface area contributed by atoms with E-state index in [0.29, 0.717) is 13.2 Å². The fourth-order valence-electron chi connectivity index (χ4n) is 2.27. The molecule has 0 amide bonds. The van der Waals surface area contributed by atoms with E-state index in [0.717, 1.165) is 42.4 Å². The van der Waals surface area contributed by atoms with E-state index < -0.39 is 0 Å². The second kappa shape index (κ2) is 11.0. The lowest BCUT2D eigenvalue weighted by Crippen LogP contribution is -2.23. The third-order valence-electron chi connectivity index (χ3n) is 3.54. The average Bonchev–Trinajstić information content (AvgIpc) is 2.60. The highest BCUT2D eigenvalue weighted by Gasteiger charge is 1.98. The quantitative estimate of drug-likeness (QED) is 0.546. The van der Waals surface area contributed by atoms with Crippen LogP contribution >= 0.6 is 11.6 Å². The molecule has 3 N–H and O–H groups in total. The van der Waals surface area contributed by atoms with Crippen molar-refractivity contribution >= 4 is 11.6 Å². The van der Waals surface area contributed by atoms with Gasteiger partial charge < -0.3 is 20.5 Å². The van der Waals surface area contributed by atoms with Gasteiger partial charge in [-0.15, -0.1) is 0 Å². The van der Waals surface area contributed by atoms with Crippen molar-refractivity contribution in [2.45, 2.75) is 19.6 Å². The molecule has 0 bridgehead atoms. The van der Waals surface area contributed by atoms with Crippen LogP contribution in [0.4, 0.5) is 0 Å². The molecule has 0 aromatic heterocycles. The van der Waals surface area contributed by atoms with Crippen LogP contribution in [0, 0.1) is 0 Å². The van der Waals surface area contributed by atoms with E-state index in [1.165, 1.54) is 5.56 Å². The first-order chi connectivity index (χ1) is 11.8. The number of hydrogen-bond donors (Lipinski definition) is 3. The predicted octanol–water partition coefficient (Wildman–Crippen LogP) is 2.98. The molecule has 0 radical (unpaired) electrons. The molecule has 0 heterocycles. The van der Waals surface area contributed by atoms with Crippen LogP contribution < -0.4 is 15.4 Å². The molecule has 0 aliphatic rings. The lowest BCUT2D eigenvalue weighted by Gasteiger charge is -2.09. The molecule has 2 aromatic carbocycles. The van der Waals surface area contributed by atoms with Crippen LogP contribution in [-0.2, 0) is 13.2 Å². The summed E-state index contributed by atoms with van der Waals surface area (Å²) in [7, 11) is 0. The van der Waals surface area contributed by atoms with Gasteiger partial charge in [0.1, 0.15) is 12.4 Å². The summed E-state index contributed by atoms with van der Waals surface area (Å²) in [6, 6.07) is 15.8. The van der Waals surface area contributed by atoms with Crippen LogP contribution in [0.2, 0.25) is 5.02 Å². The molecule has 2 rings (SSSR count). The largest absolute Gasteiger partial charge is 0.489 e. The van der Waals surface area contributed by atoms with Crippen molar-refractivity contribution in [2.24, 2.45) is 0 Å². The van der Waals surface area contributed by atoms with Crippen LogP contribution in [0.1, 0.15) is 17.5 Å². The predicted molar refractivity (Wildman–Crippen MR) is 98.5 cm³/mol. The van der Waals surface area contributed by atoms with Gasteiger partial charge in [-0.25, -0.2) is 0 Å². The molecule has 0 aliphatic carbocycles.